The van der Waals surface area contributed by atoms with E-state index in [0.717, 1.165) is 22.4 Å². The van der Waals surface area contributed by atoms with Gasteiger partial charge >= 0.3 is 0 Å². The van der Waals surface area contributed by atoms with Crippen LogP contribution in [0.15, 0.2) is 30.5 Å². The van der Waals surface area contributed by atoms with Crippen molar-refractivity contribution in [3.8, 4) is 17.0 Å². The Morgan fingerprint density at radius 3 is 2.90 bits per heavy atom. The minimum absolute atomic E-state index is 0.120. The molecule has 2 aromatic heterocycles. The molecule has 0 saturated heterocycles. The van der Waals surface area contributed by atoms with Gasteiger partial charge in [-0.25, -0.2) is 4.98 Å². The fourth-order valence-corrected chi connectivity index (χ4v) is 2.06. The fourth-order valence-electron chi connectivity index (χ4n) is 2.06. The maximum atomic E-state index is 5.74. The lowest BCUT2D eigenvalue weighted by Crippen LogP contribution is -2.05. The molecule has 0 fully saturated rings. The molecule has 0 aliphatic heterocycles. The first kappa shape index (κ1) is 12.4. The van der Waals surface area contributed by atoms with E-state index >= 15 is 0 Å². The van der Waals surface area contributed by atoms with E-state index in [9.17, 15) is 0 Å². The Kier molecular flexibility index (Phi) is 2.98. The summed E-state index contributed by atoms with van der Waals surface area (Å²) in [4.78, 5) is 8.43. The standard InChI is InChI=1S/C14H15N5O/c1-8(2)20-10-5-3-4-9(6-10)12-11-7-16-19-13(11)18-14(15)17-12/h3-8H,1-2H3,(H3,15,16,17,18,19). The number of nitrogens with one attached hydrogen (secondary N) is 1. The summed E-state index contributed by atoms with van der Waals surface area (Å²) in [5.74, 6) is 1.01. The molecule has 3 rings (SSSR count). The third-order valence-electron chi connectivity index (χ3n) is 2.81. The molecular weight excluding hydrogens is 254 g/mol. The molecule has 0 aliphatic rings. The summed E-state index contributed by atoms with van der Waals surface area (Å²) in [6, 6.07) is 7.74. The second kappa shape index (κ2) is 4.80. The highest BCUT2D eigenvalue weighted by molar-refractivity contribution is 5.90. The molecule has 0 saturated carbocycles. The summed E-state index contributed by atoms with van der Waals surface area (Å²) in [7, 11) is 0. The summed E-state index contributed by atoms with van der Waals surface area (Å²) in [5, 5.41) is 7.62. The van der Waals surface area contributed by atoms with E-state index in [1.807, 2.05) is 38.1 Å². The third kappa shape index (κ3) is 2.27. The Morgan fingerprint density at radius 1 is 1.25 bits per heavy atom. The van der Waals surface area contributed by atoms with Crippen molar-refractivity contribution in [3.63, 3.8) is 0 Å². The van der Waals surface area contributed by atoms with Crippen molar-refractivity contribution in [2.24, 2.45) is 0 Å². The molecule has 20 heavy (non-hydrogen) atoms. The van der Waals surface area contributed by atoms with Gasteiger partial charge in [0.15, 0.2) is 5.65 Å². The maximum absolute atomic E-state index is 5.74. The van der Waals surface area contributed by atoms with Crippen LogP contribution in [-0.2, 0) is 0 Å². The topological polar surface area (TPSA) is 89.7 Å². The molecule has 0 bridgehead atoms. The van der Waals surface area contributed by atoms with Crippen molar-refractivity contribution in [2.75, 3.05) is 5.73 Å². The van der Waals surface area contributed by atoms with Gasteiger partial charge in [0.1, 0.15) is 5.75 Å². The van der Waals surface area contributed by atoms with Gasteiger partial charge in [-0.3, -0.25) is 5.10 Å². The number of nitrogens with two attached hydrogens (primary N) is 1. The summed E-state index contributed by atoms with van der Waals surface area (Å²) < 4.78 is 5.70. The van der Waals surface area contributed by atoms with Crippen molar-refractivity contribution >= 4 is 17.0 Å². The Balaban J connectivity index is 2.13. The van der Waals surface area contributed by atoms with Crippen LogP contribution < -0.4 is 10.5 Å². The van der Waals surface area contributed by atoms with Crippen LogP contribution in [0.2, 0.25) is 0 Å². The van der Waals surface area contributed by atoms with Gasteiger partial charge in [0.05, 0.1) is 23.4 Å². The molecule has 0 spiro atoms. The number of nitrogen functional groups attached to an aromatic ring is 1. The molecule has 0 amide bonds. The van der Waals surface area contributed by atoms with Crippen LogP contribution in [-0.4, -0.2) is 26.3 Å². The number of aromatic nitrogens is 4. The molecule has 6 nitrogen and oxygen atoms in total. The second-order valence-electron chi connectivity index (χ2n) is 4.76. The minimum atomic E-state index is 0.120. The molecule has 0 atom stereocenters. The maximum Gasteiger partial charge on any atom is 0.222 e. The smallest absolute Gasteiger partial charge is 0.222 e. The molecule has 6 heteroatoms. The van der Waals surface area contributed by atoms with Crippen LogP contribution in [0.5, 0.6) is 5.75 Å². The average molecular weight is 269 g/mol. The largest absolute Gasteiger partial charge is 0.491 e. The summed E-state index contributed by atoms with van der Waals surface area (Å²) in [6.45, 7) is 3.98. The number of ether oxygens (including phenoxy) is 1. The predicted octanol–water partition coefficient (Wildman–Crippen LogP) is 2.39. The van der Waals surface area contributed by atoms with Crippen LogP contribution >= 0.6 is 0 Å². The van der Waals surface area contributed by atoms with Crippen LogP contribution in [0, 0.1) is 0 Å². The number of benzene rings is 1. The molecule has 0 unspecified atom stereocenters. The minimum Gasteiger partial charge on any atom is -0.491 e. The number of aromatic amines is 1. The molecule has 0 aliphatic carbocycles. The van der Waals surface area contributed by atoms with Gasteiger partial charge in [-0.2, -0.15) is 10.1 Å². The Labute approximate surface area is 116 Å². The first-order chi connectivity index (χ1) is 9.63. The van der Waals surface area contributed by atoms with Crippen LogP contribution in [0.3, 0.4) is 0 Å². The van der Waals surface area contributed by atoms with E-state index in [-0.39, 0.29) is 12.1 Å². The molecule has 3 N–H and O–H groups in total. The number of anilines is 1. The number of H-pyrrole nitrogens is 1. The zero-order valence-corrected chi connectivity index (χ0v) is 11.3. The van der Waals surface area contributed by atoms with E-state index < -0.39 is 0 Å². The average Bonchev–Trinajstić information content (AvgIpc) is 2.85. The number of rotatable bonds is 3. The molecule has 102 valence electrons. The zero-order chi connectivity index (χ0) is 14.1. The highest BCUT2D eigenvalue weighted by Gasteiger charge is 2.11. The molecule has 1 aromatic carbocycles. The normalized spacial score (nSPS) is 11.2. The summed E-state index contributed by atoms with van der Waals surface area (Å²) >= 11 is 0. The van der Waals surface area contributed by atoms with Crippen molar-refractivity contribution in [1.82, 2.24) is 20.2 Å². The Hall–Kier alpha value is -2.63. The predicted molar refractivity (Wildman–Crippen MR) is 77.3 cm³/mol. The lowest BCUT2D eigenvalue weighted by molar-refractivity contribution is 0.242. The van der Waals surface area contributed by atoms with Gasteiger partial charge in [-0.05, 0) is 26.0 Å². The van der Waals surface area contributed by atoms with Gasteiger partial charge in [0.2, 0.25) is 5.95 Å². The molecule has 2 heterocycles. The first-order valence-electron chi connectivity index (χ1n) is 6.37. The van der Waals surface area contributed by atoms with E-state index in [4.69, 9.17) is 10.5 Å². The van der Waals surface area contributed by atoms with Gasteiger partial charge in [0.25, 0.3) is 0 Å². The van der Waals surface area contributed by atoms with Gasteiger partial charge in [-0.1, -0.05) is 12.1 Å². The summed E-state index contributed by atoms with van der Waals surface area (Å²) in [5.41, 5.74) is 8.03. The number of nitrogens with zero attached hydrogens (tertiary/aromatic N) is 3. The fraction of sp³-hybridized carbons (Fsp3) is 0.214. The quantitative estimate of drug-likeness (QED) is 0.762. The zero-order valence-electron chi connectivity index (χ0n) is 11.3. The van der Waals surface area contributed by atoms with Crippen LogP contribution in [0.25, 0.3) is 22.3 Å². The van der Waals surface area contributed by atoms with Crippen molar-refractivity contribution in [1.29, 1.82) is 0 Å². The number of fused-ring (bicyclic) bond motifs is 1. The molecule has 0 radical (unpaired) electrons. The Morgan fingerprint density at radius 2 is 2.10 bits per heavy atom. The lowest BCUT2D eigenvalue weighted by atomic mass is 10.1. The highest BCUT2D eigenvalue weighted by atomic mass is 16.5. The van der Waals surface area contributed by atoms with E-state index in [1.165, 1.54) is 0 Å². The van der Waals surface area contributed by atoms with Gasteiger partial charge in [0, 0.05) is 5.56 Å². The molecule has 3 aromatic rings. The van der Waals surface area contributed by atoms with Gasteiger partial charge < -0.3 is 10.5 Å². The first-order valence-corrected chi connectivity index (χ1v) is 6.37. The van der Waals surface area contributed by atoms with Crippen LogP contribution in [0.4, 0.5) is 5.95 Å². The van der Waals surface area contributed by atoms with E-state index in [0.29, 0.717) is 5.65 Å². The number of hydrogen-bond donors (Lipinski definition) is 2. The SMILES string of the molecule is CC(C)Oc1cccc(-c2nc(N)nc3[nH]ncc23)c1. The lowest BCUT2D eigenvalue weighted by Gasteiger charge is -2.11. The summed E-state index contributed by atoms with van der Waals surface area (Å²) in [6.07, 6.45) is 1.81. The van der Waals surface area contributed by atoms with Gasteiger partial charge in [-0.15, -0.1) is 0 Å². The van der Waals surface area contributed by atoms with Crippen molar-refractivity contribution < 1.29 is 4.74 Å². The monoisotopic (exact) mass is 269 g/mol. The Bertz CT molecular complexity index is 750. The molecular formula is C14H15N5O. The van der Waals surface area contributed by atoms with Crippen molar-refractivity contribution in [3.05, 3.63) is 30.5 Å². The third-order valence-corrected chi connectivity index (χ3v) is 2.81. The van der Waals surface area contributed by atoms with E-state index in [1.54, 1.807) is 6.20 Å². The number of hydrogen-bond acceptors (Lipinski definition) is 5. The van der Waals surface area contributed by atoms with Crippen LogP contribution in [0.1, 0.15) is 13.8 Å². The van der Waals surface area contributed by atoms with Crippen molar-refractivity contribution in [2.45, 2.75) is 20.0 Å². The van der Waals surface area contributed by atoms with E-state index in [2.05, 4.69) is 20.2 Å². The highest BCUT2D eigenvalue weighted by Crippen LogP contribution is 2.28. The second-order valence-corrected chi connectivity index (χ2v) is 4.76.